The number of hydrogen-bond donors (Lipinski definition) is 2. The van der Waals surface area contributed by atoms with Gasteiger partial charge in [-0.3, -0.25) is 0 Å². The number of aliphatic imine (C=N–C) groups is 1. The Hall–Kier alpha value is -2.01. The lowest BCUT2D eigenvalue weighted by Crippen LogP contribution is -2.38. The van der Waals surface area contributed by atoms with Crippen LogP contribution in [0.3, 0.4) is 0 Å². The summed E-state index contributed by atoms with van der Waals surface area (Å²) in [6.45, 7) is 8.15. The fourth-order valence-electron chi connectivity index (χ4n) is 2.27. The number of nitrogens with zero attached hydrogens (tertiary/aromatic N) is 2. The van der Waals surface area contributed by atoms with E-state index in [2.05, 4.69) is 20.8 Å². The van der Waals surface area contributed by atoms with Crippen LogP contribution in [0.5, 0.6) is 0 Å². The van der Waals surface area contributed by atoms with E-state index in [0.29, 0.717) is 6.54 Å². The summed E-state index contributed by atoms with van der Waals surface area (Å²) in [6.07, 6.45) is 0.854. The van der Waals surface area contributed by atoms with Crippen LogP contribution in [-0.2, 0) is 13.0 Å². The molecule has 1 heterocycles. The molecule has 2 aromatic rings. The molecule has 0 fully saturated rings. The van der Waals surface area contributed by atoms with Gasteiger partial charge in [0.15, 0.2) is 5.96 Å². The maximum absolute atomic E-state index is 5.89. The number of halogens is 1. The van der Waals surface area contributed by atoms with E-state index < -0.39 is 0 Å². The van der Waals surface area contributed by atoms with Crippen LogP contribution in [0.15, 0.2) is 33.8 Å². The van der Waals surface area contributed by atoms with Crippen molar-refractivity contribution in [2.24, 2.45) is 4.99 Å². The minimum atomic E-state index is 0.609. The Morgan fingerprint density at radius 2 is 1.96 bits per heavy atom. The van der Waals surface area contributed by atoms with E-state index in [4.69, 9.17) is 16.1 Å². The normalized spacial score (nSPS) is 11.6. The Kier molecular flexibility index (Phi) is 6.47. The summed E-state index contributed by atoms with van der Waals surface area (Å²) in [6, 6.07) is 7.73. The largest absolute Gasteiger partial charge is 0.361 e. The van der Waals surface area contributed by atoms with Gasteiger partial charge in [0.2, 0.25) is 0 Å². The third-order valence-corrected chi connectivity index (χ3v) is 3.78. The van der Waals surface area contributed by atoms with Crippen LogP contribution in [0, 0.1) is 13.8 Å². The summed E-state index contributed by atoms with van der Waals surface area (Å²) < 4.78 is 5.18. The molecular weight excluding hydrogens is 312 g/mol. The zero-order valence-electron chi connectivity index (χ0n) is 13.8. The predicted octanol–water partition coefficient (Wildman–Crippen LogP) is 3.24. The molecule has 0 aliphatic rings. The molecule has 0 unspecified atom stereocenters. The van der Waals surface area contributed by atoms with Gasteiger partial charge in [0.1, 0.15) is 5.76 Å². The molecule has 2 rings (SSSR count). The van der Waals surface area contributed by atoms with Crippen molar-refractivity contribution in [3.63, 3.8) is 0 Å². The van der Waals surface area contributed by atoms with E-state index in [1.165, 1.54) is 0 Å². The summed E-state index contributed by atoms with van der Waals surface area (Å²) >= 11 is 5.89. The Morgan fingerprint density at radius 3 is 2.57 bits per heavy atom. The van der Waals surface area contributed by atoms with Crippen molar-refractivity contribution in [2.75, 3.05) is 13.1 Å². The first-order valence-corrected chi connectivity index (χ1v) is 8.16. The zero-order chi connectivity index (χ0) is 16.7. The average Bonchev–Trinajstić information content (AvgIpc) is 2.86. The summed E-state index contributed by atoms with van der Waals surface area (Å²) in [5.74, 6) is 1.68. The van der Waals surface area contributed by atoms with E-state index in [1.807, 2.05) is 45.0 Å². The fourth-order valence-corrected chi connectivity index (χ4v) is 2.39. The first kappa shape index (κ1) is 17.3. The molecule has 0 bridgehead atoms. The van der Waals surface area contributed by atoms with Gasteiger partial charge in [-0.1, -0.05) is 28.9 Å². The highest BCUT2D eigenvalue weighted by atomic mass is 35.5. The van der Waals surface area contributed by atoms with Gasteiger partial charge < -0.3 is 15.2 Å². The molecule has 0 spiro atoms. The number of hydrogen-bond acceptors (Lipinski definition) is 3. The molecular formula is C17H23ClN4O. The van der Waals surface area contributed by atoms with E-state index in [9.17, 15) is 0 Å². The highest BCUT2D eigenvalue weighted by Crippen LogP contribution is 2.12. The smallest absolute Gasteiger partial charge is 0.191 e. The number of benzene rings is 1. The van der Waals surface area contributed by atoms with Crippen LogP contribution >= 0.6 is 11.6 Å². The lowest BCUT2D eigenvalue weighted by molar-refractivity contribution is 0.392. The van der Waals surface area contributed by atoms with Gasteiger partial charge in [-0.15, -0.1) is 0 Å². The molecule has 0 saturated carbocycles. The van der Waals surface area contributed by atoms with Crippen LogP contribution in [0.1, 0.15) is 29.5 Å². The lowest BCUT2D eigenvalue weighted by Gasteiger charge is -2.11. The summed E-state index contributed by atoms with van der Waals surface area (Å²) in [4.78, 5) is 4.59. The molecule has 0 saturated heterocycles. The van der Waals surface area contributed by atoms with Gasteiger partial charge >= 0.3 is 0 Å². The van der Waals surface area contributed by atoms with Crippen LogP contribution in [-0.4, -0.2) is 24.2 Å². The molecule has 124 valence electrons. The van der Waals surface area contributed by atoms with Gasteiger partial charge in [-0.05, 0) is 44.9 Å². The SMILES string of the molecule is CCNC(=NCc1ccc(Cl)cc1)NCCc1c(C)noc1C. The van der Waals surface area contributed by atoms with E-state index >= 15 is 0 Å². The summed E-state index contributed by atoms with van der Waals surface area (Å²) in [7, 11) is 0. The molecule has 2 N–H and O–H groups in total. The molecule has 0 amide bonds. The van der Waals surface area contributed by atoms with Crippen molar-refractivity contribution in [1.29, 1.82) is 0 Å². The van der Waals surface area contributed by atoms with Crippen LogP contribution in [0.25, 0.3) is 0 Å². The molecule has 0 aliphatic carbocycles. The van der Waals surface area contributed by atoms with Gasteiger partial charge in [0.25, 0.3) is 0 Å². The summed E-state index contributed by atoms with van der Waals surface area (Å²) in [5.41, 5.74) is 3.23. The number of aromatic nitrogens is 1. The molecule has 0 radical (unpaired) electrons. The molecule has 6 heteroatoms. The minimum absolute atomic E-state index is 0.609. The number of aryl methyl sites for hydroxylation is 2. The second-order valence-corrected chi connectivity index (χ2v) is 5.74. The third-order valence-electron chi connectivity index (χ3n) is 3.53. The zero-order valence-corrected chi connectivity index (χ0v) is 14.6. The van der Waals surface area contributed by atoms with Crippen molar-refractivity contribution < 1.29 is 4.52 Å². The van der Waals surface area contributed by atoms with E-state index in [1.54, 1.807) is 0 Å². The Labute approximate surface area is 142 Å². The Balaban J connectivity index is 1.90. The van der Waals surface area contributed by atoms with Crippen LogP contribution in [0.4, 0.5) is 0 Å². The van der Waals surface area contributed by atoms with Crippen molar-refractivity contribution in [3.05, 3.63) is 51.9 Å². The monoisotopic (exact) mass is 334 g/mol. The van der Waals surface area contributed by atoms with E-state index in [0.717, 1.165) is 53.1 Å². The van der Waals surface area contributed by atoms with Crippen molar-refractivity contribution in [3.8, 4) is 0 Å². The molecule has 23 heavy (non-hydrogen) atoms. The summed E-state index contributed by atoms with van der Waals surface area (Å²) in [5, 5.41) is 11.3. The maximum Gasteiger partial charge on any atom is 0.191 e. The minimum Gasteiger partial charge on any atom is -0.361 e. The molecule has 0 atom stereocenters. The topological polar surface area (TPSA) is 62.5 Å². The van der Waals surface area contributed by atoms with Gasteiger partial charge in [0, 0.05) is 23.7 Å². The second-order valence-electron chi connectivity index (χ2n) is 5.30. The second kappa shape index (κ2) is 8.58. The quantitative estimate of drug-likeness (QED) is 0.629. The first-order valence-electron chi connectivity index (χ1n) is 7.78. The molecule has 1 aromatic carbocycles. The average molecular weight is 335 g/mol. The molecule has 0 aliphatic heterocycles. The number of nitrogens with one attached hydrogen (secondary N) is 2. The standard InChI is InChI=1S/C17H23ClN4O/c1-4-19-17(21-11-14-5-7-15(18)8-6-14)20-10-9-16-12(2)22-23-13(16)3/h5-8H,4,9-11H2,1-3H3,(H2,19,20,21). The van der Waals surface area contributed by atoms with Gasteiger partial charge in [-0.2, -0.15) is 0 Å². The van der Waals surface area contributed by atoms with Crippen molar-refractivity contribution in [1.82, 2.24) is 15.8 Å². The third kappa shape index (κ3) is 5.28. The van der Waals surface area contributed by atoms with E-state index in [-0.39, 0.29) is 0 Å². The van der Waals surface area contributed by atoms with Crippen LogP contribution in [0.2, 0.25) is 5.02 Å². The van der Waals surface area contributed by atoms with Crippen LogP contribution < -0.4 is 10.6 Å². The van der Waals surface area contributed by atoms with Crippen molar-refractivity contribution in [2.45, 2.75) is 33.7 Å². The highest BCUT2D eigenvalue weighted by Gasteiger charge is 2.08. The van der Waals surface area contributed by atoms with Crippen molar-refractivity contribution >= 4 is 17.6 Å². The maximum atomic E-state index is 5.89. The van der Waals surface area contributed by atoms with Gasteiger partial charge in [-0.25, -0.2) is 4.99 Å². The lowest BCUT2D eigenvalue weighted by atomic mass is 10.1. The number of guanidine groups is 1. The van der Waals surface area contributed by atoms with Gasteiger partial charge in [0.05, 0.1) is 12.2 Å². The Morgan fingerprint density at radius 1 is 1.22 bits per heavy atom. The first-order chi connectivity index (χ1) is 11.1. The molecule has 5 nitrogen and oxygen atoms in total. The predicted molar refractivity (Wildman–Crippen MR) is 94.0 cm³/mol. The number of rotatable bonds is 6. The highest BCUT2D eigenvalue weighted by molar-refractivity contribution is 6.30. The Bertz CT molecular complexity index is 630. The fraction of sp³-hybridized carbons (Fsp3) is 0.412. The molecule has 1 aromatic heterocycles.